The Morgan fingerprint density at radius 1 is 0.880 bits per heavy atom. The summed E-state index contributed by atoms with van der Waals surface area (Å²) in [6.45, 7) is 7.00. The molecule has 0 amide bonds. The van der Waals surface area contributed by atoms with Gasteiger partial charge < -0.3 is 10.2 Å². The highest BCUT2D eigenvalue weighted by Gasteiger charge is 2.19. The summed E-state index contributed by atoms with van der Waals surface area (Å²) in [6.07, 6.45) is 1.98. The lowest BCUT2D eigenvalue weighted by atomic mass is 9.79. The van der Waals surface area contributed by atoms with Crippen molar-refractivity contribution in [2.75, 3.05) is 0 Å². The van der Waals surface area contributed by atoms with Gasteiger partial charge in [-0.05, 0) is 51.1 Å². The third kappa shape index (κ3) is 4.96. The van der Waals surface area contributed by atoms with E-state index in [1.165, 1.54) is 46.4 Å². The van der Waals surface area contributed by atoms with E-state index in [1.54, 1.807) is 0 Å². The van der Waals surface area contributed by atoms with Gasteiger partial charge in [0.15, 0.2) is 0 Å². The minimum Gasteiger partial charge on any atom is -0.450 e. The second-order valence-electron chi connectivity index (χ2n) is 7.03. The molecule has 0 unspecified atom stereocenters. The lowest BCUT2D eigenvalue weighted by Crippen LogP contribution is -2.16. The minimum absolute atomic E-state index is 0.260. The number of carbonyl (C=O) groups is 1. The Kier molecular flexibility index (Phi) is 6.02. The first kappa shape index (κ1) is 18.8. The van der Waals surface area contributed by atoms with Crippen molar-refractivity contribution in [1.82, 2.24) is 0 Å². The Bertz CT molecular complexity index is 861. The number of rotatable bonds is 4. The Labute approximate surface area is 148 Å². The summed E-state index contributed by atoms with van der Waals surface area (Å²) in [6, 6.07) is 20.2. The topological polar surface area (TPSA) is 57.5 Å². The van der Waals surface area contributed by atoms with Crippen LogP contribution in [0.5, 0.6) is 0 Å². The van der Waals surface area contributed by atoms with Crippen molar-refractivity contribution >= 4 is 27.7 Å². The van der Waals surface area contributed by atoms with Crippen molar-refractivity contribution in [1.29, 1.82) is 0 Å². The van der Waals surface area contributed by atoms with Crippen molar-refractivity contribution in [2.24, 2.45) is 0 Å². The fourth-order valence-electron chi connectivity index (χ4n) is 3.12. The SMILES string of the molecule is CCCCC(C)(C)c1ccc2cc3ccccc3cc2c1.O=C(O)O. The smallest absolute Gasteiger partial charge is 0.450 e. The van der Waals surface area contributed by atoms with E-state index in [1.807, 2.05) is 0 Å². The molecule has 3 nitrogen and oxygen atoms in total. The Balaban J connectivity index is 0.000000511. The Hall–Kier alpha value is -2.55. The number of hydrogen-bond donors (Lipinski definition) is 2. The average Bonchev–Trinajstić information content (AvgIpc) is 2.57. The molecule has 25 heavy (non-hydrogen) atoms. The molecule has 0 aliphatic heterocycles. The third-order valence-electron chi connectivity index (χ3n) is 4.64. The largest absolute Gasteiger partial charge is 0.503 e. The zero-order valence-corrected chi connectivity index (χ0v) is 15.1. The molecule has 3 heteroatoms. The van der Waals surface area contributed by atoms with Gasteiger partial charge in [0.25, 0.3) is 0 Å². The highest BCUT2D eigenvalue weighted by atomic mass is 16.6. The molecular weight excluding hydrogens is 312 g/mol. The van der Waals surface area contributed by atoms with Crippen LogP contribution >= 0.6 is 0 Å². The summed E-state index contributed by atoms with van der Waals surface area (Å²) < 4.78 is 0. The van der Waals surface area contributed by atoms with E-state index in [9.17, 15) is 0 Å². The Morgan fingerprint density at radius 3 is 1.96 bits per heavy atom. The molecule has 0 aromatic heterocycles. The van der Waals surface area contributed by atoms with Crippen LogP contribution in [-0.2, 0) is 5.41 Å². The van der Waals surface area contributed by atoms with Gasteiger partial charge in [-0.25, -0.2) is 4.79 Å². The normalized spacial score (nSPS) is 11.2. The summed E-state index contributed by atoms with van der Waals surface area (Å²) in [5, 5.41) is 19.3. The van der Waals surface area contributed by atoms with E-state index in [2.05, 4.69) is 75.4 Å². The lowest BCUT2D eigenvalue weighted by Gasteiger charge is -2.25. The molecular formula is C22H26O3. The van der Waals surface area contributed by atoms with Gasteiger partial charge >= 0.3 is 6.16 Å². The maximum atomic E-state index is 8.56. The van der Waals surface area contributed by atoms with E-state index in [0.29, 0.717) is 0 Å². The van der Waals surface area contributed by atoms with Crippen LogP contribution in [0.2, 0.25) is 0 Å². The molecule has 0 aliphatic rings. The number of unbranched alkanes of at least 4 members (excludes halogenated alkanes) is 1. The predicted molar refractivity (Wildman–Crippen MR) is 105 cm³/mol. The van der Waals surface area contributed by atoms with Crippen LogP contribution in [0.1, 0.15) is 45.6 Å². The summed E-state index contributed by atoms with van der Waals surface area (Å²) in [4.78, 5) is 8.56. The molecule has 132 valence electrons. The molecule has 0 spiro atoms. The number of fused-ring (bicyclic) bond motifs is 2. The van der Waals surface area contributed by atoms with Crippen molar-refractivity contribution in [3.8, 4) is 0 Å². The van der Waals surface area contributed by atoms with Crippen molar-refractivity contribution in [3.63, 3.8) is 0 Å². The average molecular weight is 338 g/mol. The quantitative estimate of drug-likeness (QED) is 0.521. The number of hydrogen-bond acceptors (Lipinski definition) is 1. The first-order chi connectivity index (χ1) is 11.8. The molecule has 0 saturated heterocycles. The molecule has 3 aromatic carbocycles. The van der Waals surface area contributed by atoms with Gasteiger partial charge in [-0.2, -0.15) is 0 Å². The first-order valence-corrected chi connectivity index (χ1v) is 8.68. The van der Waals surface area contributed by atoms with Crippen molar-refractivity contribution < 1.29 is 15.0 Å². The highest BCUT2D eigenvalue weighted by Crippen LogP contribution is 2.32. The van der Waals surface area contributed by atoms with Crippen LogP contribution in [0.3, 0.4) is 0 Å². The van der Waals surface area contributed by atoms with E-state index in [0.717, 1.165) is 0 Å². The van der Waals surface area contributed by atoms with E-state index in [-0.39, 0.29) is 5.41 Å². The number of carboxylic acid groups (broad SMARTS) is 2. The van der Waals surface area contributed by atoms with Crippen LogP contribution < -0.4 is 0 Å². The van der Waals surface area contributed by atoms with Crippen molar-refractivity contribution in [2.45, 2.75) is 45.4 Å². The summed E-state index contributed by atoms with van der Waals surface area (Å²) in [5.41, 5.74) is 1.72. The zero-order valence-electron chi connectivity index (χ0n) is 15.1. The maximum absolute atomic E-state index is 8.56. The predicted octanol–water partition coefficient (Wildman–Crippen LogP) is 6.68. The lowest BCUT2D eigenvalue weighted by molar-refractivity contribution is 0.137. The summed E-state index contributed by atoms with van der Waals surface area (Å²) >= 11 is 0. The third-order valence-corrected chi connectivity index (χ3v) is 4.64. The van der Waals surface area contributed by atoms with Gasteiger partial charge in [0, 0.05) is 0 Å². The van der Waals surface area contributed by atoms with Crippen LogP contribution in [0.25, 0.3) is 21.5 Å². The summed E-state index contributed by atoms with van der Waals surface area (Å²) in [5.74, 6) is 0. The van der Waals surface area contributed by atoms with Gasteiger partial charge in [0.2, 0.25) is 0 Å². The molecule has 0 aliphatic carbocycles. The highest BCUT2D eigenvalue weighted by molar-refractivity contribution is 5.98. The molecule has 3 aromatic rings. The van der Waals surface area contributed by atoms with Gasteiger partial charge in [-0.3, -0.25) is 0 Å². The molecule has 0 saturated carbocycles. The molecule has 0 heterocycles. The monoisotopic (exact) mass is 338 g/mol. The van der Waals surface area contributed by atoms with E-state index < -0.39 is 6.16 Å². The fourth-order valence-corrected chi connectivity index (χ4v) is 3.12. The van der Waals surface area contributed by atoms with Crippen LogP contribution in [0.4, 0.5) is 4.79 Å². The van der Waals surface area contributed by atoms with Crippen LogP contribution in [0.15, 0.2) is 54.6 Å². The van der Waals surface area contributed by atoms with E-state index in [4.69, 9.17) is 15.0 Å². The molecule has 0 radical (unpaired) electrons. The van der Waals surface area contributed by atoms with Gasteiger partial charge in [0.1, 0.15) is 0 Å². The first-order valence-electron chi connectivity index (χ1n) is 8.68. The summed E-state index contributed by atoms with van der Waals surface area (Å²) in [7, 11) is 0. The number of benzene rings is 3. The molecule has 0 fully saturated rings. The zero-order chi connectivity index (χ0) is 18.4. The molecule has 3 rings (SSSR count). The fraction of sp³-hybridized carbons (Fsp3) is 0.318. The van der Waals surface area contributed by atoms with Crippen LogP contribution in [0, 0.1) is 0 Å². The van der Waals surface area contributed by atoms with Gasteiger partial charge in [-0.15, -0.1) is 0 Å². The standard InChI is InChI=1S/C21H24.CH2O3/c1-4-5-12-21(2,3)20-11-10-18-13-16-8-6-7-9-17(16)14-19(18)15-20;2-1(3)4/h6-11,13-15H,4-5,12H2,1-3H3;(H2,2,3,4). The Morgan fingerprint density at radius 2 is 1.40 bits per heavy atom. The molecule has 0 atom stereocenters. The maximum Gasteiger partial charge on any atom is 0.503 e. The van der Waals surface area contributed by atoms with Gasteiger partial charge in [0.05, 0.1) is 0 Å². The second-order valence-corrected chi connectivity index (χ2v) is 7.03. The van der Waals surface area contributed by atoms with Crippen molar-refractivity contribution in [3.05, 3.63) is 60.2 Å². The van der Waals surface area contributed by atoms with Crippen LogP contribution in [-0.4, -0.2) is 16.4 Å². The second kappa shape index (κ2) is 8.02. The molecule has 0 bridgehead atoms. The van der Waals surface area contributed by atoms with E-state index >= 15 is 0 Å². The molecule has 2 N–H and O–H groups in total. The minimum atomic E-state index is -1.83. The van der Waals surface area contributed by atoms with Gasteiger partial charge in [-0.1, -0.05) is 76.1 Å².